The first-order chi connectivity index (χ1) is 16.2. The minimum atomic E-state index is -0.806. The summed E-state index contributed by atoms with van der Waals surface area (Å²) in [6.07, 6.45) is 0.840. The molecule has 4 atom stereocenters. The molecule has 9 nitrogen and oxygen atoms in total. The minimum Gasteiger partial charge on any atom is -0.458 e. The van der Waals surface area contributed by atoms with E-state index in [1.54, 1.807) is 48.8 Å². The van der Waals surface area contributed by atoms with Crippen LogP contribution in [-0.4, -0.2) is 89.3 Å². The Kier molecular flexibility index (Phi) is 13.1. The summed E-state index contributed by atoms with van der Waals surface area (Å²) >= 11 is 0. The number of ether oxygens (including phenoxy) is 1. The summed E-state index contributed by atoms with van der Waals surface area (Å²) in [7, 11) is 4.75. The molecule has 0 aliphatic rings. The molecule has 3 amide bonds. The van der Waals surface area contributed by atoms with Crippen molar-refractivity contribution in [2.75, 3.05) is 21.1 Å². The van der Waals surface area contributed by atoms with Gasteiger partial charge in [0.05, 0.1) is 6.04 Å². The third-order valence-electron chi connectivity index (χ3n) is 6.02. The van der Waals surface area contributed by atoms with Gasteiger partial charge < -0.3 is 25.2 Å². The summed E-state index contributed by atoms with van der Waals surface area (Å²) in [5.74, 6) is -1.44. The van der Waals surface area contributed by atoms with E-state index in [1.807, 2.05) is 41.5 Å². The van der Waals surface area contributed by atoms with Crippen LogP contribution >= 0.6 is 0 Å². The van der Waals surface area contributed by atoms with Crippen molar-refractivity contribution >= 4 is 23.7 Å². The molecule has 0 aromatic carbocycles. The molecular weight excluding hydrogens is 460 g/mol. The lowest BCUT2D eigenvalue weighted by Gasteiger charge is -2.39. The van der Waals surface area contributed by atoms with Crippen molar-refractivity contribution in [1.82, 2.24) is 14.7 Å². The van der Waals surface area contributed by atoms with Crippen molar-refractivity contribution in [1.29, 1.82) is 0 Å². The van der Waals surface area contributed by atoms with Gasteiger partial charge in [-0.2, -0.15) is 0 Å². The van der Waals surface area contributed by atoms with Gasteiger partial charge in [-0.1, -0.05) is 41.5 Å². The lowest BCUT2D eigenvalue weighted by atomic mass is 9.96. The van der Waals surface area contributed by atoms with Gasteiger partial charge in [0.25, 0.3) is 0 Å². The Balaban J connectivity index is 6.24. The highest BCUT2D eigenvalue weighted by atomic mass is 16.6. The fourth-order valence-electron chi connectivity index (χ4n) is 4.22. The second-order valence-electron chi connectivity index (χ2n) is 12.1. The standard InChI is InChI=1S/C27H52N4O5/c1-16(2)14-20(29(11)23(32)19(7)28)24(33)30(12)21(15-17(3)4)25(34)31(13)22(18(5)6)26(35)36-27(8,9)10/h16-22H,14-15,28H2,1-13H3/t19-,20+,21+,22+/m1/s1. The average molecular weight is 513 g/mol. The van der Waals surface area contributed by atoms with E-state index in [1.165, 1.54) is 14.7 Å². The van der Waals surface area contributed by atoms with Crippen molar-refractivity contribution < 1.29 is 23.9 Å². The highest BCUT2D eigenvalue weighted by molar-refractivity contribution is 5.94. The van der Waals surface area contributed by atoms with Gasteiger partial charge in [-0.25, -0.2) is 4.79 Å². The van der Waals surface area contributed by atoms with Gasteiger partial charge in [-0.05, 0) is 58.3 Å². The number of hydrogen-bond donors (Lipinski definition) is 1. The molecule has 0 aromatic heterocycles. The van der Waals surface area contributed by atoms with Crippen LogP contribution in [0.2, 0.25) is 0 Å². The smallest absolute Gasteiger partial charge is 0.329 e. The third-order valence-corrected chi connectivity index (χ3v) is 6.02. The van der Waals surface area contributed by atoms with Crippen molar-refractivity contribution in [3.8, 4) is 0 Å². The summed E-state index contributed by atoms with van der Waals surface area (Å²) in [5.41, 5.74) is 5.11. The number of rotatable bonds is 12. The van der Waals surface area contributed by atoms with E-state index >= 15 is 0 Å². The zero-order chi connectivity index (χ0) is 28.7. The monoisotopic (exact) mass is 512 g/mol. The van der Waals surface area contributed by atoms with E-state index in [9.17, 15) is 19.2 Å². The molecule has 210 valence electrons. The molecule has 0 fully saturated rings. The molecule has 2 N–H and O–H groups in total. The van der Waals surface area contributed by atoms with Crippen molar-refractivity contribution in [3.63, 3.8) is 0 Å². The van der Waals surface area contributed by atoms with Crippen LogP contribution < -0.4 is 5.73 Å². The van der Waals surface area contributed by atoms with Crippen LogP contribution in [0.3, 0.4) is 0 Å². The van der Waals surface area contributed by atoms with Gasteiger partial charge in [-0.3, -0.25) is 14.4 Å². The van der Waals surface area contributed by atoms with Gasteiger partial charge in [0.1, 0.15) is 23.7 Å². The van der Waals surface area contributed by atoms with Crippen LogP contribution in [0.5, 0.6) is 0 Å². The van der Waals surface area contributed by atoms with Gasteiger partial charge in [0, 0.05) is 21.1 Å². The van der Waals surface area contributed by atoms with Gasteiger partial charge in [0.2, 0.25) is 17.7 Å². The largest absolute Gasteiger partial charge is 0.458 e. The van der Waals surface area contributed by atoms with Crippen LogP contribution in [0.4, 0.5) is 0 Å². The van der Waals surface area contributed by atoms with E-state index in [4.69, 9.17) is 10.5 Å². The first-order valence-corrected chi connectivity index (χ1v) is 13.0. The average Bonchev–Trinajstić information content (AvgIpc) is 2.71. The summed E-state index contributed by atoms with van der Waals surface area (Å²) in [6.45, 7) is 18.6. The van der Waals surface area contributed by atoms with Crippen LogP contribution in [0.25, 0.3) is 0 Å². The summed E-state index contributed by atoms with van der Waals surface area (Å²) in [4.78, 5) is 57.4. The van der Waals surface area contributed by atoms with Crippen molar-refractivity contribution in [3.05, 3.63) is 0 Å². The highest BCUT2D eigenvalue weighted by Crippen LogP contribution is 2.22. The lowest BCUT2D eigenvalue weighted by molar-refractivity contribution is -0.167. The second kappa shape index (κ2) is 14.0. The molecule has 9 heteroatoms. The lowest BCUT2D eigenvalue weighted by Crippen LogP contribution is -2.59. The van der Waals surface area contributed by atoms with Crippen LogP contribution in [0.15, 0.2) is 0 Å². The molecule has 0 spiro atoms. The van der Waals surface area contributed by atoms with E-state index in [2.05, 4.69) is 0 Å². The number of amides is 3. The number of nitrogens with zero attached hydrogens (tertiary/aromatic N) is 3. The summed E-state index contributed by atoms with van der Waals surface area (Å²) < 4.78 is 5.59. The Morgan fingerprint density at radius 1 is 0.694 bits per heavy atom. The molecule has 0 aliphatic carbocycles. The Hall–Kier alpha value is -2.16. The van der Waals surface area contributed by atoms with E-state index in [0.717, 1.165) is 0 Å². The first kappa shape index (κ1) is 33.8. The van der Waals surface area contributed by atoms with Crippen LogP contribution in [0, 0.1) is 17.8 Å². The zero-order valence-electron chi connectivity index (χ0n) is 24.9. The number of carbonyl (C=O) groups excluding carboxylic acids is 4. The SMILES string of the molecule is CC(C)C[C@@H](C(=O)N(C)[C@@H](CC(C)C)C(=O)N(C)[C@H](C(=O)OC(C)(C)C)C(C)C)N(C)C(=O)[C@@H](C)N. The quantitative estimate of drug-likeness (QED) is 0.402. The number of hydrogen-bond acceptors (Lipinski definition) is 6. The Morgan fingerprint density at radius 3 is 1.36 bits per heavy atom. The third kappa shape index (κ3) is 10.1. The van der Waals surface area contributed by atoms with Gasteiger partial charge >= 0.3 is 5.97 Å². The number of carbonyl (C=O) groups is 4. The van der Waals surface area contributed by atoms with Crippen LogP contribution in [-0.2, 0) is 23.9 Å². The Labute approximate surface area is 219 Å². The maximum absolute atomic E-state index is 13.8. The molecule has 0 rings (SSSR count). The summed E-state index contributed by atoms with van der Waals surface area (Å²) in [5, 5.41) is 0. The highest BCUT2D eigenvalue weighted by Gasteiger charge is 2.40. The molecular formula is C27H52N4O5. The van der Waals surface area contributed by atoms with Crippen molar-refractivity contribution in [2.45, 2.75) is 112 Å². The first-order valence-electron chi connectivity index (χ1n) is 13.0. The Morgan fingerprint density at radius 2 is 1.06 bits per heavy atom. The van der Waals surface area contributed by atoms with Crippen molar-refractivity contribution in [2.24, 2.45) is 23.5 Å². The maximum atomic E-state index is 13.8. The minimum absolute atomic E-state index is 0.105. The predicted octanol–water partition coefficient (Wildman–Crippen LogP) is 2.90. The zero-order valence-corrected chi connectivity index (χ0v) is 24.9. The molecule has 36 heavy (non-hydrogen) atoms. The molecule has 0 heterocycles. The normalized spacial score (nSPS) is 15.4. The van der Waals surface area contributed by atoms with E-state index in [-0.39, 0.29) is 35.5 Å². The number of likely N-dealkylation sites (N-methyl/N-ethyl adjacent to an activating group) is 3. The second-order valence-corrected chi connectivity index (χ2v) is 12.1. The molecule has 0 saturated heterocycles. The Bertz CT molecular complexity index is 758. The van der Waals surface area contributed by atoms with E-state index in [0.29, 0.717) is 12.8 Å². The number of nitrogens with two attached hydrogens (primary N) is 1. The van der Waals surface area contributed by atoms with Gasteiger partial charge in [0.15, 0.2) is 0 Å². The molecule has 0 bridgehead atoms. The predicted molar refractivity (Wildman–Crippen MR) is 143 cm³/mol. The molecule has 0 aliphatic heterocycles. The molecule has 0 aromatic rings. The van der Waals surface area contributed by atoms with Gasteiger partial charge in [-0.15, -0.1) is 0 Å². The molecule has 0 radical (unpaired) electrons. The molecule has 0 unspecified atom stereocenters. The van der Waals surface area contributed by atoms with Crippen LogP contribution in [0.1, 0.15) is 82.1 Å². The molecule has 0 saturated carbocycles. The summed E-state index contributed by atoms with van der Waals surface area (Å²) in [6, 6.07) is -3.11. The fourth-order valence-corrected chi connectivity index (χ4v) is 4.22. The maximum Gasteiger partial charge on any atom is 0.329 e. The number of esters is 1. The fraction of sp³-hybridized carbons (Fsp3) is 0.852. The topological polar surface area (TPSA) is 113 Å². The van der Waals surface area contributed by atoms with E-state index < -0.39 is 35.7 Å².